The Morgan fingerprint density at radius 1 is 0.400 bits per heavy atom. The topological polar surface area (TPSA) is 76.2 Å². The molecule has 12 rings (SSSR count). The zero-order valence-corrected chi connectivity index (χ0v) is 29.3. The summed E-state index contributed by atoms with van der Waals surface area (Å²) in [6, 6.07) is 56.2. The van der Waals surface area contributed by atoms with Gasteiger partial charge in [0.25, 0.3) is 0 Å². The minimum atomic E-state index is -0.597. The third-order valence-corrected chi connectivity index (χ3v) is 11.0. The Hall–Kier alpha value is -7.44. The van der Waals surface area contributed by atoms with Crippen LogP contribution in [0.2, 0.25) is 0 Å². The fraction of sp³-hybridized carbons (Fsp3) is 0.0204. The van der Waals surface area contributed by atoms with Crippen LogP contribution in [0.15, 0.2) is 187 Å². The van der Waals surface area contributed by atoms with Crippen molar-refractivity contribution in [2.24, 2.45) is 9.98 Å². The van der Waals surface area contributed by atoms with Crippen LogP contribution >= 0.6 is 0 Å². The van der Waals surface area contributed by atoms with Crippen molar-refractivity contribution in [3.8, 4) is 11.1 Å². The van der Waals surface area contributed by atoms with Crippen molar-refractivity contribution in [1.29, 1.82) is 0 Å². The van der Waals surface area contributed by atoms with Gasteiger partial charge >= 0.3 is 0 Å². The lowest BCUT2D eigenvalue weighted by Crippen LogP contribution is -2.36. The Balaban J connectivity index is 1.11. The fourth-order valence-electron chi connectivity index (χ4n) is 8.42. The van der Waals surface area contributed by atoms with Gasteiger partial charge in [0.2, 0.25) is 0 Å². The first-order chi connectivity index (χ1) is 27.2. The number of hydrogen-bond acceptors (Lipinski definition) is 6. The summed E-state index contributed by atoms with van der Waals surface area (Å²) < 4.78 is 19.7. The van der Waals surface area contributed by atoms with Crippen molar-refractivity contribution in [3.05, 3.63) is 180 Å². The molecule has 258 valence electrons. The van der Waals surface area contributed by atoms with E-state index < -0.39 is 6.17 Å². The number of fused-ring (bicyclic) bond motifs is 10. The van der Waals surface area contributed by atoms with Crippen LogP contribution < -0.4 is 5.32 Å². The largest absolute Gasteiger partial charge is 0.456 e. The van der Waals surface area contributed by atoms with Crippen LogP contribution in [0.5, 0.6) is 0 Å². The van der Waals surface area contributed by atoms with Gasteiger partial charge in [0, 0.05) is 49.0 Å². The third-order valence-electron chi connectivity index (χ3n) is 11.0. The zero-order chi connectivity index (χ0) is 36.0. The molecule has 11 aromatic rings. The molecule has 8 aromatic carbocycles. The number of nitrogens with one attached hydrogen (secondary N) is 1. The molecule has 3 aromatic heterocycles. The summed E-state index contributed by atoms with van der Waals surface area (Å²) in [4.78, 5) is 10.8. The summed E-state index contributed by atoms with van der Waals surface area (Å²) >= 11 is 0. The van der Waals surface area contributed by atoms with E-state index in [1.165, 1.54) is 5.39 Å². The second kappa shape index (κ2) is 11.5. The lowest BCUT2D eigenvalue weighted by Gasteiger charge is -2.23. The molecule has 6 nitrogen and oxygen atoms in total. The first-order valence-electron chi connectivity index (χ1n) is 18.4. The van der Waals surface area contributed by atoms with E-state index in [1.54, 1.807) is 0 Å². The average molecular weight is 708 g/mol. The Morgan fingerprint density at radius 3 is 1.87 bits per heavy atom. The van der Waals surface area contributed by atoms with Gasteiger partial charge in [0.05, 0.1) is 5.56 Å². The second-order valence-corrected chi connectivity index (χ2v) is 14.1. The summed E-state index contributed by atoms with van der Waals surface area (Å²) in [5.74, 6) is 1.42. The Kier molecular flexibility index (Phi) is 6.30. The third kappa shape index (κ3) is 4.55. The summed E-state index contributed by atoms with van der Waals surface area (Å²) in [6.07, 6.45) is -0.597. The average Bonchev–Trinajstić information content (AvgIpc) is 3.95. The number of nitrogens with zero attached hydrogens (tertiary/aromatic N) is 2. The van der Waals surface area contributed by atoms with E-state index in [0.717, 1.165) is 105 Å². The van der Waals surface area contributed by atoms with Crippen LogP contribution in [0.4, 0.5) is 0 Å². The van der Waals surface area contributed by atoms with E-state index in [4.69, 9.17) is 23.2 Å². The van der Waals surface area contributed by atoms with Gasteiger partial charge in [-0.15, -0.1) is 0 Å². The molecule has 1 aliphatic heterocycles. The van der Waals surface area contributed by atoms with Gasteiger partial charge in [0.1, 0.15) is 45.2 Å². The second-order valence-electron chi connectivity index (χ2n) is 14.1. The van der Waals surface area contributed by atoms with Crippen molar-refractivity contribution in [1.82, 2.24) is 5.32 Å². The van der Waals surface area contributed by atoms with Crippen LogP contribution in [0.3, 0.4) is 0 Å². The molecule has 0 fully saturated rings. The first kappa shape index (κ1) is 30.1. The van der Waals surface area contributed by atoms with Gasteiger partial charge in [-0.05, 0) is 52.7 Å². The van der Waals surface area contributed by atoms with E-state index in [0.29, 0.717) is 5.84 Å². The van der Waals surface area contributed by atoms with E-state index in [2.05, 4.69) is 115 Å². The fourth-order valence-corrected chi connectivity index (χ4v) is 8.42. The Bertz CT molecular complexity index is 3430. The Morgan fingerprint density at radius 2 is 1.02 bits per heavy atom. The molecule has 0 saturated carbocycles. The molecule has 0 amide bonds. The number of benzene rings is 8. The number of hydrogen-bond donors (Lipinski definition) is 1. The maximum Gasteiger partial charge on any atom is 0.170 e. The highest BCUT2D eigenvalue weighted by Gasteiger charge is 2.28. The molecule has 0 spiro atoms. The normalized spacial score (nSPS) is 14.7. The Labute approximate surface area is 313 Å². The zero-order valence-electron chi connectivity index (χ0n) is 29.3. The molecule has 0 radical (unpaired) electrons. The SMILES string of the molecule is c1ccc2cc(C3=NC(c4ccc(-c5cccc6oc7ccccc7c56)c5oc6ccccc6c45)N=C(c4cccc5c4oc4ccccc45)N3)ccc2c1. The molecule has 6 heteroatoms. The molecule has 0 aliphatic carbocycles. The van der Waals surface area contributed by atoms with Gasteiger partial charge in [-0.2, -0.15) is 0 Å². The van der Waals surface area contributed by atoms with Crippen LogP contribution in [0, 0.1) is 0 Å². The smallest absolute Gasteiger partial charge is 0.170 e. The van der Waals surface area contributed by atoms with E-state index in [9.17, 15) is 0 Å². The highest BCUT2D eigenvalue weighted by molar-refractivity contribution is 6.22. The van der Waals surface area contributed by atoms with Crippen molar-refractivity contribution in [2.75, 3.05) is 0 Å². The summed E-state index contributed by atoms with van der Waals surface area (Å²) in [6.45, 7) is 0. The molecule has 1 aliphatic rings. The van der Waals surface area contributed by atoms with Gasteiger partial charge in [-0.3, -0.25) is 0 Å². The molecule has 55 heavy (non-hydrogen) atoms. The van der Waals surface area contributed by atoms with Gasteiger partial charge in [-0.25, -0.2) is 9.98 Å². The molecule has 0 bridgehead atoms. The summed E-state index contributed by atoms with van der Waals surface area (Å²) in [5, 5.41) is 12.2. The van der Waals surface area contributed by atoms with E-state index in [1.807, 2.05) is 54.6 Å². The van der Waals surface area contributed by atoms with E-state index in [-0.39, 0.29) is 0 Å². The predicted molar refractivity (Wildman–Crippen MR) is 223 cm³/mol. The van der Waals surface area contributed by atoms with Gasteiger partial charge in [0.15, 0.2) is 6.17 Å². The summed E-state index contributed by atoms with van der Waals surface area (Å²) in [7, 11) is 0. The van der Waals surface area contributed by atoms with Crippen molar-refractivity contribution in [2.45, 2.75) is 6.17 Å². The van der Waals surface area contributed by atoms with E-state index >= 15 is 0 Å². The van der Waals surface area contributed by atoms with Crippen LogP contribution in [-0.4, -0.2) is 11.7 Å². The van der Waals surface area contributed by atoms with Crippen molar-refractivity contribution >= 4 is 88.3 Å². The maximum atomic E-state index is 6.81. The van der Waals surface area contributed by atoms with Crippen LogP contribution in [0.25, 0.3) is 87.7 Å². The molecule has 1 atom stereocenters. The molecule has 1 N–H and O–H groups in total. The van der Waals surface area contributed by atoms with Crippen LogP contribution in [0.1, 0.15) is 22.9 Å². The van der Waals surface area contributed by atoms with Crippen LogP contribution in [-0.2, 0) is 0 Å². The quantitative estimate of drug-likeness (QED) is 0.198. The first-order valence-corrected chi connectivity index (χ1v) is 18.4. The molecule has 1 unspecified atom stereocenters. The lowest BCUT2D eigenvalue weighted by atomic mass is 9.94. The maximum absolute atomic E-state index is 6.81. The number of para-hydroxylation sites is 4. The summed E-state index contributed by atoms with van der Waals surface area (Å²) in [5.41, 5.74) is 9.71. The molecule has 4 heterocycles. The predicted octanol–water partition coefficient (Wildman–Crippen LogP) is 12.7. The molecular weight excluding hydrogens is 679 g/mol. The lowest BCUT2D eigenvalue weighted by molar-refractivity contribution is 0.666. The minimum Gasteiger partial charge on any atom is -0.456 e. The highest BCUT2D eigenvalue weighted by Crippen LogP contribution is 2.45. The number of furan rings is 3. The standard InChI is InChI=1S/C49H29N3O3/c1-2-12-29-27-30(24-23-28(29)11-1)47-50-48(52-49(51-47)38-18-9-17-33-31-13-3-6-19-39(31)54-45(33)38)37-26-25-34(46-44(37)36-15-5-8-21-41(36)55-46)32-16-10-22-42-43(32)35-14-4-7-20-40(35)53-42/h1-27,48H,(H,50,51,52). The van der Waals surface area contributed by atoms with Crippen molar-refractivity contribution in [3.63, 3.8) is 0 Å². The number of rotatable bonds is 4. The van der Waals surface area contributed by atoms with Crippen molar-refractivity contribution < 1.29 is 13.3 Å². The number of aliphatic imine (C=N–C) groups is 2. The minimum absolute atomic E-state index is 0.597. The monoisotopic (exact) mass is 707 g/mol. The molecule has 0 saturated heterocycles. The number of amidine groups is 2. The van der Waals surface area contributed by atoms with Gasteiger partial charge < -0.3 is 18.6 Å². The highest BCUT2D eigenvalue weighted by atomic mass is 16.3. The van der Waals surface area contributed by atoms with Gasteiger partial charge in [-0.1, -0.05) is 127 Å². The molecular formula is C49H29N3O3.